The highest BCUT2D eigenvalue weighted by Crippen LogP contribution is 2.07. The van der Waals surface area contributed by atoms with Gasteiger partial charge in [-0.25, -0.2) is 5.01 Å². The lowest BCUT2D eigenvalue weighted by atomic mass is 10.1. The minimum Gasteiger partial charge on any atom is -0.379 e. The fraction of sp³-hybridized carbons (Fsp3) is 1.00. The fourth-order valence-electron chi connectivity index (χ4n) is 2.22. The molecule has 0 aromatic carbocycles. The van der Waals surface area contributed by atoms with Crippen molar-refractivity contribution in [3.63, 3.8) is 0 Å². The van der Waals surface area contributed by atoms with Crippen molar-refractivity contribution in [3.8, 4) is 0 Å². The number of halogens is 1. The number of rotatable bonds is 10. The molecule has 1 N–H and O–H groups in total. The summed E-state index contributed by atoms with van der Waals surface area (Å²) >= 11 is 0. The number of hydrogen-bond acceptors (Lipinski definition) is 3. The molecule has 0 aromatic heterocycles. The molecule has 0 saturated carbocycles. The maximum absolute atomic E-state index is 5.31. The summed E-state index contributed by atoms with van der Waals surface area (Å²) in [5.74, 6) is 0. The van der Waals surface area contributed by atoms with Gasteiger partial charge in [-0.05, 0) is 6.42 Å². The summed E-state index contributed by atoms with van der Waals surface area (Å²) in [5, 5.41) is 2.30. The van der Waals surface area contributed by atoms with E-state index in [1.165, 1.54) is 51.4 Å². The molecule has 3 nitrogen and oxygen atoms in total. The molecule has 0 radical (unpaired) electrons. The predicted molar refractivity (Wildman–Crippen MR) is 88.4 cm³/mol. The van der Waals surface area contributed by atoms with E-state index < -0.39 is 0 Å². The third-order valence-electron chi connectivity index (χ3n) is 3.38. The van der Waals surface area contributed by atoms with Gasteiger partial charge in [-0.3, -0.25) is 5.43 Å². The molecule has 1 aliphatic heterocycles. The molecule has 0 aromatic rings. The summed E-state index contributed by atoms with van der Waals surface area (Å²) in [7, 11) is 0. The molecule has 0 aliphatic carbocycles. The van der Waals surface area contributed by atoms with Crippen molar-refractivity contribution in [1.82, 2.24) is 10.4 Å². The van der Waals surface area contributed by atoms with Gasteiger partial charge in [-0.15, -0.1) is 24.0 Å². The fourth-order valence-corrected chi connectivity index (χ4v) is 2.22. The van der Waals surface area contributed by atoms with Crippen LogP contribution in [-0.4, -0.2) is 37.9 Å². The number of hydrazine groups is 1. The van der Waals surface area contributed by atoms with Gasteiger partial charge in [0.2, 0.25) is 0 Å². The predicted octanol–water partition coefficient (Wildman–Crippen LogP) is 3.58. The van der Waals surface area contributed by atoms with Gasteiger partial charge in [0, 0.05) is 19.6 Å². The van der Waals surface area contributed by atoms with Gasteiger partial charge >= 0.3 is 0 Å². The molecule has 1 fully saturated rings. The first-order chi connectivity index (χ1) is 8.43. The molecule has 1 aliphatic rings. The van der Waals surface area contributed by atoms with Crippen LogP contribution >= 0.6 is 24.0 Å². The Morgan fingerprint density at radius 3 is 2.06 bits per heavy atom. The first-order valence-corrected chi connectivity index (χ1v) is 7.49. The van der Waals surface area contributed by atoms with Crippen LogP contribution in [0.3, 0.4) is 0 Å². The second-order valence-electron chi connectivity index (χ2n) is 4.98. The zero-order valence-corrected chi connectivity index (χ0v) is 14.3. The quantitative estimate of drug-likeness (QED) is 0.470. The minimum absolute atomic E-state index is 0. The Bertz CT molecular complexity index is 164. The third-order valence-corrected chi connectivity index (χ3v) is 3.38. The van der Waals surface area contributed by atoms with Crippen LogP contribution in [0, 0.1) is 0 Å². The molecule has 1 saturated heterocycles. The van der Waals surface area contributed by atoms with Gasteiger partial charge in [0.25, 0.3) is 0 Å². The van der Waals surface area contributed by atoms with Crippen LogP contribution in [0.1, 0.15) is 58.3 Å². The van der Waals surface area contributed by atoms with E-state index in [4.69, 9.17) is 4.74 Å². The molecule has 0 amide bonds. The summed E-state index contributed by atoms with van der Waals surface area (Å²) < 4.78 is 5.31. The van der Waals surface area contributed by atoms with E-state index in [1.54, 1.807) is 0 Å². The largest absolute Gasteiger partial charge is 0.379 e. The Morgan fingerprint density at radius 2 is 1.44 bits per heavy atom. The minimum atomic E-state index is 0. The van der Waals surface area contributed by atoms with Crippen molar-refractivity contribution < 1.29 is 4.74 Å². The Labute approximate surface area is 130 Å². The zero-order chi connectivity index (χ0) is 12.2. The second kappa shape index (κ2) is 14.0. The van der Waals surface area contributed by atoms with Gasteiger partial charge in [0.15, 0.2) is 0 Å². The van der Waals surface area contributed by atoms with Gasteiger partial charge in [0.05, 0.1) is 13.2 Å². The Morgan fingerprint density at radius 1 is 0.889 bits per heavy atom. The lowest BCUT2D eigenvalue weighted by Gasteiger charge is -2.27. The van der Waals surface area contributed by atoms with E-state index in [0.29, 0.717) is 0 Å². The number of ether oxygens (including phenoxy) is 1. The average molecular weight is 370 g/mol. The van der Waals surface area contributed by atoms with Crippen molar-refractivity contribution in [2.75, 3.05) is 32.8 Å². The van der Waals surface area contributed by atoms with Crippen LogP contribution in [-0.2, 0) is 4.74 Å². The van der Waals surface area contributed by atoms with Crippen LogP contribution < -0.4 is 5.43 Å². The molecule has 0 atom stereocenters. The molecule has 18 heavy (non-hydrogen) atoms. The molecule has 110 valence electrons. The molecule has 4 heteroatoms. The molecule has 0 bridgehead atoms. The Balaban J connectivity index is 0.00000289. The van der Waals surface area contributed by atoms with E-state index in [2.05, 4.69) is 17.4 Å². The molecule has 1 rings (SSSR count). The number of nitrogens with one attached hydrogen (secondary N) is 1. The van der Waals surface area contributed by atoms with Crippen LogP contribution in [0.5, 0.6) is 0 Å². The average Bonchev–Trinajstić information content (AvgIpc) is 2.38. The van der Waals surface area contributed by atoms with E-state index in [-0.39, 0.29) is 24.0 Å². The zero-order valence-electron chi connectivity index (χ0n) is 12.0. The summed E-state index contributed by atoms with van der Waals surface area (Å²) in [6.07, 6.45) is 11.2. The van der Waals surface area contributed by atoms with E-state index in [9.17, 15) is 0 Å². The highest BCUT2D eigenvalue weighted by atomic mass is 127. The van der Waals surface area contributed by atoms with E-state index >= 15 is 0 Å². The Hall–Kier alpha value is 0.610. The van der Waals surface area contributed by atoms with Crippen molar-refractivity contribution in [2.24, 2.45) is 0 Å². The first kappa shape index (κ1) is 18.6. The van der Waals surface area contributed by atoms with Crippen LogP contribution in [0.25, 0.3) is 0 Å². The number of nitrogens with zero attached hydrogens (tertiary/aromatic N) is 1. The van der Waals surface area contributed by atoms with E-state index in [1.807, 2.05) is 0 Å². The van der Waals surface area contributed by atoms with Crippen molar-refractivity contribution in [2.45, 2.75) is 58.3 Å². The summed E-state index contributed by atoms with van der Waals surface area (Å²) in [6.45, 7) is 7.25. The third kappa shape index (κ3) is 10.5. The summed E-state index contributed by atoms with van der Waals surface area (Å²) in [4.78, 5) is 0. The van der Waals surface area contributed by atoms with Gasteiger partial charge < -0.3 is 4.74 Å². The van der Waals surface area contributed by atoms with Gasteiger partial charge in [-0.2, -0.15) is 0 Å². The number of hydrogen-bond donors (Lipinski definition) is 1. The molecular weight excluding hydrogens is 339 g/mol. The second-order valence-corrected chi connectivity index (χ2v) is 4.98. The summed E-state index contributed by atoms with van der Waals surface area (Å²) in [6, 6.07) is 0. The monoisotopic (exact) mass is 370 g/mol. The maximum atomic E-state index is 5.31. The Kier molecular flexibility index (Phi) is 14.5. The molecule has 0 unspecified atom stereocenters. The van der Waals surface area contributed by atoms with Crippen LogP contribution in [0.4, 0.5) is 0 Å². The topological polar surface area (TPSA) is 24.5 Å². The maximum Gasteiger partial charge on any atom is 0.0608 e. The lowest BCUT2D eigenvalue weighted by Crippen LogP contribution is -2.45. The smallest absolute Gasteiger partial charge is 0.0608 e. The van der Waals surface area contributed by atoms with Gasteiger partial charge in [0.1, 0.15) is 0 Å². The molecule has 1 heterocycles. The van der Waals surface area contributed by atoms with Crippen molar-refractivity contribution in [3.05, 3.63) is 0 Å². The highest BCUT2D eigenvalue weighted by Gasteiger charge is 2.08. The lowest BCUT2D eigenvalue weighted by molar-refractivity contribution is 0.0118. The summed E-state index contributed by atoms with van der Waals surface area (Å²) in [5.41, 5.74) is 3.49. The van der Waals surface area contributed by atoms with Gasteiger partial charge in [-0.1, -0.05) is 51.9 Å². The first-order valence-electron chi connectivity index (χ1n) is 7.49. The molecule has 0 spiro atoms. The number of unbranched alkanes of at least 4 members (excludes halogenated alkanes) is 7. The number of morpholine rings is 1. The normalized spacial score (nSPS) is 16.5. The van der Waals surface area contributed by atoms with Crippen molar-refractivity contribution in [1.29, 1.82) is 0 Å². The van der Waals surface area contributed by atoms with E-state index in [0.717, 1.165) is 32.8 Å². The molecular formula is C14H31IN2O. The highest BCUT2D eigenvalue weighted by molar-refractivity contribution is 14.0. The van der Waals surface area contributed by atoms with Crippen LogP contribution in [0.2, 0.25) is 0 Å². The van der Waals surface area contributed by atoms with Crippen molar-refractivity contribution >= 4 is 24.0 Å². The van der Waals surface area contributed by atoms with Crippen LogP contribution in [0.15, 0.2) is 0 Å². The standard InChI is InChI=1S/C14H30N2O.HI/c1-2-3-4-5-6-7-8-9-10-15-16-11-13-17-14-12-16;/h15H,2-14H2,1H3;1H. The SMILES string of the molecule is CCCCCCCCCCNN1CCOCC1.I.